The van der Waals surface area contributed by atoms with Crippen LogP contribution in [0.1, 0.15) is 12.0 Å². The summed E-state index contributed by atoms with van der Waals surface area (Å²) in [6, 6.07) is 6.64. The number of hydrogen-bond donors (Lipinski definition) is 1. The predicted molar refractivity (Wildman–Crippen MR) is 78.7 cm³/mol. The molecule has 2 aromatic rings. The van der Waals surface area contributed by atoms with Crippen molar-refractivity contribution in [2.24, 2.45) is 0 Å². The molecule has 0 saturated carbocycles. The van der Waals surface area contributed by atoms with Crippen molar-refractivity contribution in [1.29, 1.82) is 0 Å². The summed E-state index contributed by atoms with van der Waals surface area (Å²) in [6.07, 6.45) is 3.78. The second kappa shape index (κ2) is 5.77. The maximum Gasteiger partial charge on any atom is 0.143 e. The number of halogens is 2. The standard InChI is InChI=1S/C16H17F2N3/c1-11-6-13(2-3-16(11)18)21(14-4-5-19-9-14)15-7-12(17)8-20-10-15/h2-3,6-8,10,14,19H,4-5,9H2,1H3/t14-/m0/s1. The molecule has 0 amide bonds. The molecule has 2 heterocycles. The Morgan fingerprint density at radius 2 is 2.05 bits per heavy atom. The Balaban J connectivity index is 2.05. The summed E-state index contributed by atoms with van der Waals surface area (Å²) in [5.74, 6) is -0.608. The molecule has 1 aliphatic rings. The van der Waals surface area contributed by atoms with E-state index in [1.807, 2.05) is 4.90 Å². The monoisotopic (exact) mass is 289 g/mol. The number of hydrogen-bond acceptors (Lipinski definition) is 3. The van der Waals surface area contributed by atoms with E-state index < -0.39 is 0 Å². The third kappa shape index (κ3) is 2.88. The lowest BCUT2D eigenvalue weighted by Crippen LogP contribution is -2.33. The van der Waals surface area contributed by atoms with Gasteiger partial charge < -0.3 is 10.2 Å². The molecule has 0 bridgehead atoms. The fourth-order valence-electron chi connectivity index (χ4n) is 2.74. The summed E-state index contributed by atoms with van der Waals surface area (Å²) in [6.45, 7) is 3.46. The largest absolute Gasteiger partial charge is 0.336 e. The van der Waals surface area contributed by atoms with Gasteiger partial charge in [0.05, 0.1) is 18.1 Å². The Labute approximate surface area is 122 Å². The summed E-state index contributed by atoms with van der Waals surface area (Å²) < 4.78 is 27.0. The summed E-state index contributed by atoms with van der Waals surface area (Å²) in [5, 5.41) is 3.30. The smallest absolute Gasteiger partial charge is 0.143 e. The highest BCUT2D eigenvalue weighted by atomic mass is 19.1. The fraction of sp³-hybridized carbons (Fsp3) is 0.312. The van der Waals surface area contributed by atoms with Crippen LogP contribution in [-0.2, 0) is 0 Å². The van der Waals surface area contributed by atoms with Crippen LogP contribution in [0.5, 0.6) is 0 Å². The molecule has 1 aromatic heterocycles. The molecule has 0 spiro atoms. The number of pyridine rings is 1. The van der Waals surface area contributed by atoms with E-state index in [1.54, 1.807) is 25.3 Å². The van der Waals surface area contributed by atoms with Crippen LogP contribution < -0.4 is 10.2 Å². The molecule has 21 heavy (non-hydrogen) atoms. The van der Waals surface area contributed by atoms with Crippen molar-refractivity contribution in [3.05, 3.63) is 53.9 Å². The molecule has 1 saturated heterocycles. The number of aryl methyl sites for hydroxylation is 1. The molecule has 3 nitrogen and oxygen atoms in total. The number of nitrogens with zero attached hydrogens (tertiary/aromatic N) is 2. The van der Waals surface area contributed by atoms with Crippen molar-refractivity contribution in [2.75, 3.05) is 18.0 Å². The fourth-order valence-corrected chi connectivity index (χ4v) is 2.74. The van der Waals surface area contributed by atoms with Gasteiger partial charge in [-0.05, 0) is 43.7 Å². The third-order valence-electron chi connectivity index (χ3n) is 3.79. The lowest BCUT2D eigenvalue weighted by atomic mass is 10.1. The second-order valence-electron chi connectivity index (χ2n) is 5.31. The van der Waals surface area contributed by atoms with Crippen LogP contribution in [-0.4, -0.2) is 24.1 Å². The first kappa shape index (κ1) is 13.9. The first-order valence-electron chi connectivity index (χ1n) is 7.02. The zero-order chi connectivity index (χ0) is 14.8. The average molecular weight is 289 g/mol. The minimum absolute atomic E-state index is 0.207. The lowest BCUT2D eigenvalue weighted by Gasteiger charge is -2.31. The Morgan fingerprint density at radius 1 is 1.19 bits per heavy atom. The number of benzene rings is 1. The van der Waals surface area contributed by atoms with Gasteiger partial charge in [0, 0.05) is 24.3 Å². The van der Waals surface area contributed by atoms with E-state index in [9.17, 15) is 8.78 Å². The number of rotatable bonds is 3. The number of anilines is 2. The summed E-state index contributed by atoms with van der Waals surface area (Å²) in [7, 11) is 0. The summed E-state index contributed by atoms with van der Waals surface area (Å²) >= 11 is 0. The molecular formula is C16H17F2N3. The molecule has 0 radical (unpaired) electrons. The molecule has 110 valence electrons. The highest BCUT2D eigenvalue weighted by Crippen LogP contribution is 2.31. The van der Waals surface area contributed by atoms with E-state index in [4.69, 9.17) is 0 Å². The molecule has 0 aliphatic carbocycles. The SMILES string of the molecule is Cc1cc(N(c2cncc(F)c2)[C@H]2CCNC2)ccc1F. The van der Waals surface area contributed by atoms with Crippen LogP contribution in [0.15, 0.2) is 36.7 Å². The van der Waals surface area contributed by atoms with Crippen molar-refractivity contribution >= 4 is 11.4 Å². The van der Waals surface area contributed by atoms with Crippen LogP contribution in [0.3, 0.4) is 0 Å². The zero-order valence-electron chi connectivity index (χ0n) is 11.8. The molecule has 1 fully saturated rings. The van der Waals surface area contributed by atoms with Gasteiger partial charge in [0.2, 0.25) is 0 Å². The van der Waals surface area contributed by atoms with Crippen molar-refractivity contribution < 1.29 is 8.78 Å². The average Bonchev–Trinajstić information content (AvgIpc) is 2.97. The van der Waals surface area contributed by atoms with Crippen molar-refractivity contribution in [2.45, 2.75) is 19.4 Å². The highest BCUT2D eigenvalue weighted by molar-refractivity contribution is 5.64. The van der Waals surface area contributed by atoms with Gasteiger partial charge in [0.15, 0.2) is 0 Å². The van der Waals surface area contributed by atoms with E-state index >= 15 is 0 Å². The zero-order valence-corrected chi connectivity index (χ0v) is 11.8. The third-order valence-corrected chi connectivity index (χ3v) is 3.79. The van der Waals surface area contributed by atoms with Crippen LogP contribution in [0.2, 0.25) is 0 Å². The predicted octanol–water partition coefficient (Wildman–Crippen LogP) is 3.17. The lowest BCUT2D eigenvalue weighted by molar-refractivity contribution is 0.615. The maximum absolute atomic E-state index is 13.5. The first-order valence-corrected chi connectivity index (χ1v) is 7.02. The van der Waals surface area contributed by atoms with Crippen molar-refractivity contribution in [3.8, 4) is 0 Å². The maximum atomic E-state index is 13.5. The molecule has 0 unspecified atom stereocenters. The quantitative estimate of drug-likeness (QED) is 0.940. The first-order chi connectivity index (χ1) is 10.1. The minimum atomic E-state index is -0.373. The second-order valence-corrected chi connectivity index (χ2v) is 5.31. The Bertz CT molecular complexity index is 639. The van der Waals surface area contributed by atoms with Gasteiger partial charge in [-0.15, -0.1) is 0 Å². The van der Waals surface area contributed by atoms with Crippen LogP contribution in [0.25, 0.3) is 0 Å². The molecule has 1 aliphatic heterocycles. The van der Waals surface area contributed by atoms with E-state index in [0.29, 0.717) is 11.3 Å². The minimum Gasteiger partial charge on any atom is -0.336 e. The van der Waals surface area contributed by atoms with Gasteiger partial charge in [0.1, 0.15) is 11.6 Å². The van der Waals surface area contributed by atoms with Crippen LogP contribution in [0.4, 0.5) is 20.2 Å². The van der Waals surface area contributed by atoms with Crippen LogP contribution in [0, 0.1) is 18.6 Å². The van der Waals surface area contributed by atoms with Gasteiger partial charge in [0.25, 0.3) is 0 Å². The topological polar surface area (TPSA) is 28.2 Å². The van der Waals surface area contributed by atoms with Gasteiger partial charge >= 0.3 is 0 Å². The molecule has 5 heteroatoms. The number of aromatic nitrogens is 1. The van der Waals surface area contributed by atoms with E-state index in [0.717, 1.165) is 25.2 Å². The highest BCUT2D eigenvalue weighted by Gasteiger charge is 2.25. The summed E-state index contributed by atoms with van der Waals surface area (Å²) in [4.78, 5) is 5.96. The number of nitrogens with one attached hydrogen (secondary N) is 1. The van der Waals surface area contributed by atoms with Crippen LogP contribution >= 0.6 is 0 Å². The van der Waals surface area contributed by atoms with E-state index in [1.165, 1.54) is 18.3 Å². The van der Waals surface area contributed by atoms with E-state index in [-0.39, 0.29) is 17.7 Å². The Kier molecular flexibility index (Phi) is 3.84. The van der Waals surface area contributed by atoms with Gasteiger partial charge in [-0.2, -0.15) is 0 Å². The molecule has 3 rings (SSSR count). The summed E-state index contributed by atoms with van der Waals surface area (Å²) in [5.41, 5.74) is 2.12. The van der Waals surface area contributed by atoms with E-state index in [2.05, 4.69) is 10.3 Å². The molecule has 1 atom stereocenters. The normalized spacial score (nSPS) is 18.0. The molecule has 1 aromatic carbocycles. The van der Waals surface area contributed by atoms with Crippen molar-refractivity contribution in [3.63, 3.8) is 0 Å². The Morgan fingerprint density at radius 3 is 2.71 bits per heavy atom. The molecular weight excluding hydrogens is 272 g/mol. The van der Waals surface area contributed by atoms with Crippen molar-refractivity contribution in [1.82, 2.24) is 10.3 Å². The van der Waals surface area contributed by atoms with Gasteiger partial charge in [-0.1, -0.05) is 0 Å². The van der Waals surface area contributed by atoms with Gasteiger partial charge in [-0.3, -0.25) is 4.98 Å². The van der Waals surface area contributed by atoms with Gasteiger partial charge in [-0.25, -0.2) is 8.78 Å². The Hall–Kier alpha value is -2.01. The molecule has 1 N–H and O–H groups in total.